The Morgan fingerprint density at radius 3 is 2.43 bits per heavy atom. The Morgan fingerprint density at radius 2 is 1.71 bits per heavy atom. The first-order valence-electron chi connectivity index (χ1n) is 7.86. The fourth-order valence-corrected chi connectivity index (χ4v) is 2.25. The molecule has 0 aliphatic rings. The minimum Gasteiger partial charge on any atom is -0.494 e. The van der Waals surface area contributed by atoms with Gasteiger partial charge in [-0.1, -0.05) is 44.5 Å². The normalized spacial score (nSPS) is 10.4. The molecule has 0 amide bonds. The maximum atomic E-state index is 5.66. The molecule has 2 nitrogen and oxygen atoms in total. The molecule has 0 spiro atoms. The second-order valence-electron chi connectivity index (χ2n) is 5.30. The van der Waals surface area contributed by atoms with Gasteiger partial charge in [0, 0.05) is 12.2 Å². The Morgan fingerprint density at radius 1 is 0.905 bits per heavy atom. The lowest BCUT2D eigenvalue weighted by Crippen LogP contribution is -2.01. The van der Waals surface area contributed by atoms with Crippen LogP contribution in [0.2, 0.25) is 0 Å². The van der Waals surface area contributed by atoms with Gasteiger partial charge in [-0.3, -0.25) is 0 Å². The van der Waals surface area contributed by atoms with E-state index in [1.165, 1.54) is 17.5 Å². The maximum absolute atomic E-state index is 5.66. The van der Waals surface area contributed by atoms with Crippen molar-refractivity contribution in [1.29, 1.82) is 0 Å². The number of hydrogen-bond acceptors (Lipinski definition) is 2. The van der Waals surface area contributed by atoms with Gasteiger partial charge in [0.05, 0.1) is 6.61 Å². The van der Waals surface area contributed by atoms with Crippen molar-refractivity contribution in [3.63, 3.8) is 0 Å². The molecule has 21 heavy (non-hydrogen) atoms. The summed E-state index contributed by atoms with van der Waals surface area (Å²) in [5, 5.41) is 3.46. The van der Waals surface area contributed by atoms with E-state index < -0.39 is 0 Å². The van der Waals surface area contributed by atoms with Crippen LogP contribution < -0.4 is 10.1 Å². The molecule has 2 aromatic rings. The third kappa shape index (κ3) is 5.14. The van der Waals surface area contributed by atoms with Crippen LogP contribution in [0.15, 0.2) is 48.5 Å². The van der Waals surface area contributed by atoms with E-state index in [-0.39, 0.29) is 0 Å². The molecule has 0 aromatic heterocycles. The lowest BCUT2D eigenvalue weighted by atomic mass is 10.1. The van der Waals surface area contributed by atoms with Crippen LogP contribution in [-0.2, 0) is 13.0 Å². The van der Waals surface area contributed by atoms with Crippen molar-refractivity contribution in [2.24, 2.45) is 0 Å². The predicted octanol–water partition coefficient (Wildman–Crippen LogP) is 5.04. The molecule has 0 saturated heterocycles. The topological polar surface area (TPSA) is 21.3 Å². The molecule has 0 aliphatic heterocycles. The van der Waals surface area contributed by atoms with Crippen molar-refractivity contribution in [1.82, 2.24) is 0 Å². The maximum Gasteiger partial charge on any atom is 0.119 e. The number of rotatable bonds is 8. The largest absolute Gasteiger partial charge is 0.494 e. The van der Waals surface area contributed by atoms with E-state index >= 15 is 0 Å². The predicted molar refractivity (Wildman–Crippen MR) is 90.0 cm³/mol. The minimum atomic E-state index is 0.774. The van der Waals surface area contributed by atoms with Crippen LogP contribution in [0.5, 0.6) is 5.75 Å². The molecule has 112 valence electrons. The van der Waals surface area contributed by atoms with Gasteiger partial charge in [-0.05, 0) is 48.2 Å². The summed E-state index contributed by atoms with van der Waals surface area (Å²) in [5.74, 6) is 0.953. The first kappa shape index (κ1) is 15.4. The second kappa shape index (κ2) is 8.35. The van der Waals surface area contributed by atoms with E-state index in [9.17, 15) is 0 Å². The van der Waals surface area contributed by atoms with Crippen LogP contribution in [0.1, 0.15) is 37.8 Å². The number of ether oxygens (including phenoxy) is 1. The molecule has 0 saturated carbocycles. The second-order valence-corrected chi connectivity index (χ2v) is 5.30. The molecule has 0 atom stereocenters. The molecule has 2 aromatic carbocycles. The Kier molecular flexibility index (Phi) is 6.14. The summed E-state index contributed by atoms with van der Waals surface area (Å²) in [7, 11) is 0. The summed E-state index contributed by atoms with van der Waals surface area (Å²) in [6, 6.07) is 17.0. The smallest absolute Gasteiger partial charge is 0.119 e. The highest BCUT2D eigenvalue weighted by atomic mass is 16.5. The van der Waals surface area contributed by atoms with Gasteiger partial charge in [-0.25, -0.2) is 0 Å². The monoisotopic (exact) mass is 283 g/mol. The molecule has 1 N–H and O–H groups in total. The summed E-state index contributed by atoms with van der Waals surface area (Å²) in [6.07, 6.45) is 3.38. The summed E-state index contributed by atoms with van der Waals surface area (Å²) < 4.78 is 5.66. The highest BCUT2D eigenvalue weighted by molar-refractivity contribution is 5.45. The van der Waals surface area contributed by atoms with Gasteiger partial charge in [0.25, 0.3) is 0 Å². The van der Waals surface area contributed by atoms with E-state index in [0.717, 1.165) is 37.4 Å². The average Bonchev–Trinajstić information content (AvgIpc) is 2.53. The standard InChI is InChI=1S/C19H25NO/c1-3-6-16-9-11-18(12-10-16)20-15-17-7-5-8-19(14-17)21-13-4-2/h5,7-12,14,20H,3-4,6,13,15H2,1-2H3. The molecule has 0 heterocycles. The fraction of sp³-hybridized carbons (Fsp3) is 0.368. The zero-order valence-electron chi connectivity index (χ0n) is 13.1. The summed E-state index contributed by atoms with van der Waals surface area (Å²) >= 11 is 0. The van der Waals surface area contributed by atoms with Crippen molar-refractivity contribution in [2.75, 3.05) is 11.9 Å². The fourth-order valence-electron chi connectivity index (χ4n) is 2.25. The van der Waals surface area contributed by atoms with Crippen LogP contribution in [0.25, 0.3) is 0 Å². The molecule has 0 fully saturated rings. The zero-order valence-corrected chi connectivity index (χ0v) is 13.1. The summed E-state index contributed by atoms with van der Waals surface area (Å²) in [6.45, 7) is 5.92. The van der Waals surface area contributed by atoms with E-state index in [2.05, 4.69) is 55.6 Å². The highest BCUT2D eigenvalue weighted by Crippen LogP contribution is 2.16. The third-order valence-corrected chi connectivity index (χ3v) is 3.36. The van der Waals surface area contributed by atoms with Crippen LogP contribution in [-0.4, -0.2) is 6.61 Å². The molecule has 2 heteroatoms. The van der Waals surface area contributed by atoms with E-state index in [1.54, 1.807) is 0 Å². The van der Waals surface area contributed by atoms with Crippen molar-refractivity contribution in [3.05, 3.63) is 59.7 Å². The number of benzene rings is 2. The third-order valence-electron chi connectivity index (χ3n) is 3.36. The van der Waals surface area contributed by atoms with Crippen LogP contribution in [0, 0.1) is 0 Å². The van der Waals surface area contributed by atoms with Gasteiger partial charge in [-0.2, -0.15) is 0 Å². The summed E-state index contributed by atoms with van der Waals surface area (Å²) in [4.78, 5) is 0. The molecule has 0 aliphatic carbocycles. The average molecular weight is 283 g/mol. The molecular formula is C19H25NO. The SMILES string of the molecule is CCCOc1cccc(CNc2ccc(CCC)cc2)c1. The molecule has 0 radical (unpaired) electrons. The number of hydrogen-bond donors (Lipinski definition) is 1. The molecular weight excluding hydrogens is 258 g/mol. The van der Waals surface area contributed by atoms with Crippen LogP contribution in [0.3, 0.4) is 0 Å². The van der Waals surface area contributed by atoms with Gasteiger partial charge < -0.3 is 10.1 Å². The highest BCUT2D eigenvalue weighted by Gasteiger charge is 1.98. The van der Waals surface area contributed by atoms with Crippen LogP contribution in [0.4, 0.5) is 5.69 Å². The minimum absolute atomic E-state index is 0.774. The number of anilines is 1. The van der Waals surface area contributed by atoms with Gasteiger partial charge >= 0.3 is 0 Å². The lowest BCUT2D eigenvalue weighted by Gasteiger charge is -2.10. The summed E-state index contributed by atoms with van der Waals surface area (Å²) in [5.41, 5.74) is 3.80. The quantitative estimate of drug-likeness (QED) is 0.732. The van der Waals surface area contributed by atoms with E-state index in [0.29, 0.717) is 0 Å². The van der Waals surface area contributed by atoms with Crippen molar-refractivity contribution in [3.8, 4) is 5.75 Å². The Balaban J connectivity index is 1.90. The van der Waals surface area contributed by atoms with Crippen LogP contribution >= 0.6 is 0 Å². The molecule has 0 bridgehead atoms. The van der Waals surface area contributed by atoms with Crippen molar-refractivity contribution in [2.45, 2.75) is 39.7 Å². The Hall–Kier alpha value is -1.96. The first-order chi connectivity index (χ1) is 10.3. The van der Waals surface area contributed by atoms with Gasteiger partial charge in [-0.15, -0.1) is 0 Å². The van der Waals surface area contributed by atoms with Gasteiger partial charge in [0.1, 0.15) is 5.75 Å². The lowest BCUT2D eigenvalue weighted by molar-refractivity contribution is 0.317. The number of nitrogens with one attached hydrogen (secondary N) is 1. The van der Waals surface area contributed by atoms with E-state index in [1.807, 2.05) is 12.1 Å². The van der Waals surface area contributed by atoms with Gasteiger partial charge in [0.15, 0.2) is 0 Å². The number of aryl methyl sites for hydroxylation is 1. The molecule has 2 rings (SSSR count). The molecule has 0 unspecified atom stereocenters. The van der Waals surface area contributed by atoms with Gasteiger partial charge in [0.2, 0.25) is 0 Å². The Bertz CT molecular complexity index is 534. The van der Waals surface area contributed by atoms with E-state index in [4.69, 9.17) is 4.74 Å². The first-order valence-corrected chi connectivity index (χ1v) is 7.86. The Labute approximate surface area is 128 Å². The van der Waals surface area contributed by atoms with Crippen molar-refractivity contribution < 1.29 is 4.74 Å². The van der Waals surface area contributed by atoms with Crippen molar-refractivity contribution >= 4 is 5.69 Å². The zero-order chi connectivity index (χ0) is 14.9.